The molecular formula is C14H21N3O4. The fourth-order valence-corrected chi connectivity index (χ4v) is 1.74. The van der Waals surface area contributed by atoms with Crippen molar-refractivity contribution in [2.45, 2.75) is 32.9 Å². The zero-order valence-electron chi connectivity index (χ0n) is 12.2. The molecule has 1 unspecified atom stereocenters. The number of aliphatic hydroxyl groups is 1. The Hall–Kier alpha value is -2.15. The minimum Gasteiger partial charge on any atom is -0.393 e. The second-order valence-electron chi connectivity index (χ2n) is 5.10. The first-order valence-electron chi connectivity index (χ1n) is 6.84. The summed E-state index contributed by atoms with van der Waals surface area (Å²) in [6.45, 7) is 4.23. The van der Waals surface area contributed by atoms with Crippen LogP contribution in [0.25, 0.3) is 0 Å². The largest absolute Gasteiger partial charge is 0.393 e. The van der Waals surface area contributed by atoms with Gasteiger partial charge >= 0.3 is 6.03 Å². The number of amides is 2. The molecule has 1 atom stereocenters. The van der Waals surface area contributed by atoms with Crippen molar-refractivity contribution in [3.05, 3.63) is 39.9 Å². The molecule has 3 N–H and O–H groups in total. The van der Waals surface area contributed by atoms with Crippen LogP contribution in [0.5, 0.6) is 0 Å². The lowest BCUT2D eigenvalue weighted by Crippen LogP contribution is -2.37. The lowest BCUT2D eigenvalue weighted by Gasteiger charge is -2.14. The van der Waals surface area contributed by atoms with Crippen molar-refractivity contribution < 1.29 is 14.8 Å². The Balaban J connectivity index is 2.38. The van der Waals surface area contributed by atoms with E-state index in [0.717, 1.165) is 0 Å². The lowest BCUT2D eigenvalue weighted by molar-refractivity contribution is -0.385. The Morgan fingerprint density at radius 1 is 1.33 bits per heavy atom. The summed E-state index contributed by atoms with van der Waals surface area (Å²) in [7, 11) is 0. The van der Waals surface area contributed by atoms with E-state index in [1.54, 1.807) is 18.2 Å². The van der Waals surface area contributed by atoms with E-state index in [1.165, 1.54) is 6.07 Å². The topological polar surface area (TPSA) is 104 Å². The summed E-state index contributed by atoms with van der Waals surface area (Å²) in [5, 5.41) is 25.6. The predicted octanol–water partition coefficient (Wildman–Crippen LogP) is 1.80. The molecule has 0 aliphatic carbocycles. The van der Waals surface area contributed by atoms with Crippen LogP contribution in [-0.4, -0.2) is 28.7 Å². The minimum absolute atomic E-state index is 0.0203. The van der Waals surface area contributed by atoms with E-state index in [4.69, 9.17) is 0 Å². The van der Waals surface area contributed by atoms with Gasteiger partial charge in [0.05, 0.1) is 17.6 Å². The third-order valence-electron chi connectivity index (χ3n) is 3.12. The molecule has 7 nitrogen and oxygen atoms in total. The number of carbonyl (C=O) groups excluding carboxylic acids is 1. The van der Waals surface area contributed by atoms with Gasteiger partial charge in [-0.05, 0) is 12.3 Å². The average Bonchev–Trinajstić information content (AvgIpc) is 2.45. The molecule has 0 saturated heterocycles. The number of nitrogens with zero attached hydrogens (tertiary/aromatic N) is 1. The number of urea groups is 1. The van der Waals surface area contributed by atoms with Gasteiger partial charge in [-0.3, -0.25) is 10.1 Å². The second kappa shape index (κ2) is 8.21. The van der Waals surface area contributed by atoms with Gasteiger partial charge in [-0.25, -0.2) is 4.79 Å². The number of carbonyl (C=O) groups is 1. The number of para-hydroxylation sites is 1. The van der Waals surface area contributed by atoms with Crippen molar-refractivity contribution in [3.8, 4) is 0 Å². The summed E-state index contributed by atoms with van der Waals surface area (Å²) in [5.74, 6) is 0.141. The monoisotopic (exact) mass is 295 g/mol. The van der Waals surface area contributed by atoms with Crippen molar-refractivity contribution in [2.24, 2.45) is 5.92 Å². The Kier molecular flexibility index (Phi) is 6.61. The molecule has 2 amide bonds. The first-order valence-corrected chi connectivity index (χ1v) is 6.84. The number of rotatable bonds is 7. The number of aliphatic hydroxyl groups excluding tert-OH is 1. The van der Waals surface area contributed by atoms with Gasteiger partial charge in [-0.15, -0.1) is 0 Å². The van der Waals surface area contributed by atoms with E-state index in [-0.39, 0.29) is 18.2 Å². The number of nitrogens with one attached hydrogen (secondary N) is 2. The van der Waals surface area contributed by atoms with Crippen molar-refractivity contribution >= 4 is 11.7 Å². The van der Waals surface area contributed by atoms with Crippen molar-refractivity contribution in [1.82, 2.24) is 10.6 Å². The van der Waals surface area contributed by atoms with E-state index in [0.29, 0.717) is 18.5 Å². The van der Waals surface area contributed by atoms with Gasteiger partial charge in [-0.1, -0.05) is 32.0 Å². The van der Waals surface area contributed by atoms with Crippen molar-refractivity contribution in [3.63, 3.8) is 0 Å². The van der Waals surface area contributed by atoms with E-state index >= 15 is 0 Å². The van der Waals surface area contributed by atoms with Crippen molar-refractivity contribution in [2.75, 3.05) is 6.54 Å². The maximum Gasteiger partial charge on any atom is 0.315 e. The Morgan fingerprint density at radius 2 is 2.00 bits per heavy atom. The van der Waals surface area contributed by atoms with Crippen LogP contribution in [0.3, 0.4) is 0 Å². The first kappa shape index (κ1) is 16.9. The van der Waals surface area contributed by atoms with Crippen LogP contribution in [-0.2, 0) is 6.54 Å². The summed E-state index contributed by atoms with van der Waals surface area (Å²) in [4.78, 5) is 21.9. The summed E-state index contributed by atoms with van der Waals surface area (Å²) >= 11 is 0. The summed E-state index contributed by atoms with van der Waals surface area (Å²) in [5.41, 5.74) is 0.424. The van der Waals surface area contributed by atoms with Gasteiger partial charge in [0.15, 0.2) is 0 Å². The summed E-state index contributed by atoms with van der Waals surface area (Å²) in [6.07, 6.45) is 0.0110. The predicted molar refractivity (Wildman–Crippen MR) is 78.8 cm³/mol. The van der Waals surface area contributed by atoms with Gasteiger partial charge in [0.2, 0.25) is 0 Å². The molecule has 7 heteroatoms. The van der Waals surface area contributed by atoms with Crippen LogP contribution in [0.2, 0.25) is 0 Å². The van der Waals surface area contributed by atoms with Crippen LogP contribution in [0.15, 0.2) is 24.3 Å². The highest BCUT2D eigenvalue weighted by Crippen LogP contribution is 2.16. The average molecular weight is 295 g/mol. The molecular weight excluding hydrogens is 274 g/mol. The zero-order chi connectivity index (χ0) is 15.8. The molecule has 1 aromatic carbocycles. The SMILES string of the molecule is CC(C)C(O)CCNC(=O)NCc1ccccc1[N+](=O)[O-]. The van der Waals surface area contributed by atoms with E-state index in [1.807, 2.05) is 13.8 Å². The van der Waals surface area contributed by atoms with Gasteiger partial charge < -0.3 is 15.7 Å². The highest BCUT2D eigenvalue weighted by atomic mass is 16.6. The highest BCUT2D eigenvalue weighted by molar-refractivity contribution is 5.73. The second-order valence-corrected chi connectivity index (χ2v) is 5.10. The number of nitro groups is 1. The fourth-order valence-electron chi connectivity index (χ4n) is 1.74. The molecule has 21 heavy (non-hydrogen) atoms. The molecule has 0 bridgehead atoms. The number of hydrogen-bond acceptors (Lipinski definition) is 4. The molecule has 0 aliphatic rings. The fraction of sp³-hybridized carbons (Fsp3) is 0.500. The summed E-state index contributed by atoms with van der Waals surface area (Å²) in [6, 6.07) is 5.84. The van der Waals surface area contributed by atoms with Gasteiger partial charge in [0, 0.05) is 18.2 Å². The van der Waals surface area contributed by atoms with Crippen LogP contribution in [0.1, 0.15) is 25.8 Å². The quantitative estimate of drug-likeness (QED) is 0.527. The molecule has 0 fully saturated rings. The van der Waals surface area contributed by atoms with Crippen LogP contribution in [0.4, 0.5) is 10.5 Å². The van der Waals surface area contributed by atoms with E-state index < -0.39 is 17.1 Å². The Labute approximate surface area is 123 Å². The third-order valence-corrected chi connectivity index (χ3v) is 3.12. The Bertz CT molecular complexity index is 491. The van der Waals surface area contributed by atoms with Crippen LogP contribution < -0.4 is 10.6 Å². The third kappa shape index (κ3) is 5.78. The Morgan fingerprint density at radius 3 is 2.62 bits per heavy atom. The highest BCUT2D eigenvalue weighted by Gasteiger charge is 2.13. The first-order chi connectivity index (χ1) is 9.91. The smallest absolute Gasteiger partial charge is 0.315 e. The van der Waals surface area contributed by atoms with Gasteiger partial charge in [0.25, 0.3) is 5.69 Å². The van der Waals surface area contributed by atoms with Crippen LogP contribution in [0, 0.1) is 16.0 Å². The van der Waals surface area contributed by atoms with E-state index in [2.05, 4.69) is 10.6 Å². The zero-order valence-corrected chi connectivity index (χ0v) is 12.2. The number of benzene rings is 1. The standard InChI is InChI=1S/C14H21N3O4/c1-10(2)13(18)7-8-15-14(19)16-9-11-5-3-4-6-12(11)17(20)21/h3-6,10,13,18H,7-9H2,1-2H3,(H2,15,16,19). The minimum atomic E-state index is -0.478. The molecule has 1 rings (SSSR count). The number of nitro benzene ring substituents is 1. The molecule has 0 spiro atoms. The van der Waals surface area contributed by atoms with E-state index in [9.17, 15) is 20.0 Å². The van der Waals surface area contributed by atoms with Gasteiger partial charge in [-0.2, -0.15) is 0 Å². The lowest BCUT2D eigenvalue weighted by atomic mass is 10.0. The number of hydrogen-bond donors (Lipinski definition) is 3. The van der Waals surface area contributed by atoms with Gasteiger partial charge in [0.1, 0.15) is 0 Å². The molecule has 0 heterocycles. The molecule has 116 valence electrons. The van der Waals surface area contributed by atoms with Crippen LogP contribution >= 0.6 is 0 Å². The maximum atomic E-state index is 11.6. The molecule has 0 saturated carbocycles. The van der Waals surface area contributed by atoms with Crippen molar-refractivity contribution in [1.29, 1.82) is 0 Å². The summed E-state index contributed by atoms with van der Waals surface area (Å²) < 4.78 is 0. The normalized spacial score (nSPS) is 12.0. The molecule has 1 aromatic rings. The molecule has 0 aromatic heterocycles. The molecule has 0 aliphatic heterocycles. The maximum absolute atomic E-state index is 11.6. The molecule has 0 radical (unpaired) electrons.